The van der Waals surface area contributed by atoms with Gasteiger partial charge in [0.15, 0.2) is 6.04 Å². The molecule has 0 unspecified atom stereocenters. The van der Waals surface area contributed by atoms with Crippen molar-refractivity contribution in [2.45, 2.75) is 26.8 Å². The van der Waals surface area contributed by atoms with Gasteiger partial charge >= 0.3 is 0 Å². The van der Waals surface area contributed by atoms with Crippen molar-refractivity contribution in [1.29, 1.82) is 0 Å². The summed E-state index contributed by atoms with van der Waals surface area (Å²) in [6, 6.07) is 12.3. The van der Waals surface area contributed by atoms with E-state index in [4.69, 9.17) is 0 Å². The molecular formula is C21H27FN3O+. The summed E-state index contributed by atoms with van der Waals surface area (Å²) in [7, 11) is 0. The first-order valence-corrected chi connectivity index (χ1v) is 9.18. The van der Waals surface area contributed by atoms with E-state index in [1.54, 1.807) is 12.1 Å². The Hall–Kier alpha value is -2.40. The van der Waals surface area contributed by atoms with Gasteiger partial charge in [-0.15, -0.1) is 0 Å². The van der Waals surface area contributed by atoms with Crippen molar-refractivity contribution in [1.82, 2.24) is 0 Å². The van der Waals surface area contributed by atoms with Gasteiger partial charge in [0.25, 0.3) is 5.91 Å². The van der Waals surface area contributed by atoms with Gasteiger partial charge in [-0.2, -0.15) is 0 Å². The van der Waals surface area contributed by atoms with Crippen LogP contribution < -0.4 is 15.1 Å². The number of aryl methyl sites for hydroxylation is 1. The van der Waals surface area contributed by atoms with Crippen LogP contribution in [0.5, 0.6) is 0 Å². The maximum Gasteiger partial charge on any atom is 0.282 e. The summed E-state index contributed by atoms with van der Waals surface area (Å²) in [5.74, 6) is -0.407. The van der Waals surface area contributed by atoms with Gasteiger partial charge in [0.1, 0.15) is 5.82 Å². The van der Waals surface area contributed by atoms with Gasteiger partial charge in [-0.3, -0.25) is 4.79 Å². The molecule has 138 valence electrons. The topological polar surface area (TPSA) is 36.8 Å². The maximum atomic E-state index is 13.3. The summed E-state index contributed by atoms with van der Waals surface area (Å²) in [6.45, 7) is 9.92. The molecule has 1 saturated heterocycles. The Bertz CT molecular complexity index is 785. The third-order valence-corrected chi connectivity index (χ3v) is 5.42. The van der Waals surface area contributed by atoms with Crippen molar-refractivity contribution in [3.8, 4) is 0 Å². The number of nitrogens with zero attached hydrogens (tertiary/aromatic N) is 1. The van der Waals surface area contributed by atoms with Gasteiger partial charge in [-0.1, -0.05) is 18.2 Å². The lowest BCUT2D eigenvalue weighted by molar-refractivity contribution is -0.914. The fourth-order valence-electron chi connectivity index (χ4n) is 3.55. The third kappa shape index (κ3) is 4.05. The Morgan fingerprint density at radius 2 is 1.85 bits per heavy atom. The smallest absolute Gasteiger partial charge is 0.282 e. The van der Waals surface area contributed by atoms with Crippen LogP contribution in [-0.2, 0) is 4.79 Å². The van der Waals surface area contributed by atoms with E-state index in [1.165, 1.54) is 33.8 Å². The molecule has 2 N–H and O–H groups in total. The van der Waals surface area contributed by atoms with Gasteiger partial charge in [-0.25, -0.2) is 4.39 Å². The van der Waals surface area contributed by atoms with Crippen LogP contribution in [0.2, 0.25) is 0 Å². The Balaban J connectivity index is 1.58. The van der Waals surface area contributed by atoms with Crippen molar-refractivity contribution in [2.24, 2.45) is 0 Å². The molecule has 1 atom stereocenters. The molecule has 0 aliphatic carbocycles. The van der Waals surface area contributed by atoms with Crippen molar-refractivity contribution < 1.29 is 14.1 Å². The molecule has 5 heteroatoms. The second-order valence-corrected chi connectivity index (χ2v) is 7.09. The summed E-state index contributed by atoms with van der Waals surface area (Å²) < 4.78 is 13.3. The summed E-state index contributed by atoms with van der Waals surface area (Å²) in [5, 5.41) is 2.83. The average Bonchev–Trinajstić information content (AvgIpc) is 2.63. The first-order chi connectivity index (χ1) is 12.5. The van der Waals surface area contributed by atoms with E-state index in [0.717, 1.165) is 26.2 Å². The van der Waals surface area contributed by atoms with Crippen molar-refractivity contribution >= 4 is 17.3 Å². The Kier molecular flexibility index (Phi) is 5.57. The molecule has 3 rings (SSSR count). The second-order valence-electron chi connectivity index (χ2n) is 7.09. The van der Waals surface area contributed by atoms with Crippen LogP contribution in [0.1, 0.15) is 18.1 Å². The molecule has 1 heterocycles. The molecule has 1 aliphatic heterocycles. The Morgan fingerprint density at radius 3 is 2.54 bits per heavy atom. The largest absolute Gasteiger partial charge is 0.360 e. The first kappa shape index (κ1) is 18.4. The molecule has 0 radical (unpaired) electrons. The highest BCUT2D eigenvalue weighted by molar-refractivity contribution is 5.93. The zero-order valence-corrected chi connectivity index (χ0v) is 15.7. The Labute approximate surface area is 154 Å². The number of amides is 1. The number of carbonyl (C=O) groups excluding carboxylic acids is 1. The number of benzene rings is 2. The van der Waals surface area contributed by atoms with Gasteiger partial charge in [0.05, 0.1) is 26.2 Å². The van der Waals surface area contributed by atoms with E-state index in [9.17, 15) is 9.18 Å². The van der Waals surface area contributed by atoms with E-state index in [2.05, 4.69) is 42.3 Å². The quantitative estimate of drug-likeness (QED) is 0.881. The van der Waals surface area contributed by atoms with Gasteiger partial charge in [0, 0.05) is 11.4 Å². The third-order valence-electron chi connectivity index (χ3n) is 5.42. The van der Waals surface area contributed by atoms with E-state index in [1.807, 2.05) is 6.92 Å². The minimum Gasteiger partial charge on any atom is -0.360 e. The maximum absolute atomic E-state index is 13.3. The summed E-state index contributed by atoms with van der Waals surface area (Å²) in [5.41, 5.74) is 4.43. The van der Waals surface area contributed by atoms with Crippen LogP contribution in [0.15, 0.2) is 42.5 Å². The molecule has 0 saturated carbocycles. The summed E-state index contributed by atoms with van der Waals surface area (Å²) in [6.07, 6.45) is 0. The van der Waals surface area contributed by atoms with E-state index in [0.29, 0.717) is 5.69 Å². The summed E-state index contributed by atoms with van der Waals surface area (Å²) >= 11 is 0. The highest BCUT2D eigenvalue weighted by Gasteiger charge is 2.29. The van der Waals surface area contributed by atoms with Crippen LogP contribution in [0.3, 0.4) is 0 Å². The number of hydrogen-bond donors (Lipinski definition) is 2. The fraction of sp³-hybridized carbons (Fsp3) is 0.381. The molecule has 1 fully saturated rings. The predicted octanol–water partition coefficient (Wildman–Crippen LogP) is 2.17. The number of halogens is 1. The number of anilines is 2. The Morgan fingerprint density at radius 1 is 1.15 bits per heavy atom. The van der Waals surface area contributed by atoms with Crippen molar-refractivity contribution in [2.75, 3.05) is 36.4 Å². The number of carbonyl (C=O) groups is 1. The molecule has 0 aromatic heterocycles. The van der Waals surface area contributed by atoms with E-state index >= 15 is 0 Å². The molecule has 0 bridgehead atoms. The highest BCUT2D eigenvalue weighted by Crippen LogP contribution is 2.22. The molecule has 0 spiro atoms. The fourth-order valence-corrected chi connectivity index (χ4v) is 3.55. The van der Waals surface area contributed by atoms with Crippen LogP contribution in [0.25, 0.3) is 0 Å². The van der Waals surface area contributed by atoms with Crippen LogP contribution in [0.4, 0.5) is 15.8 Å². The second kappa shape index (κ2) is 7.87. The molecule has 4 nitrogen and oxygen atoms in total. The minimum absolute atomic E-state index is 0.0641. The summed E-state index contributed by atoms with van der Waals surface area (Å²) in [4.78, 5) is 16.2. The molecule has 2 aromatic carbocycles. The van der Waals surface area contributed by atoms with E-state index in [-0.39, 0.29) is 17.8 Å². The average molecular weight is 356 g/mol. The molecular weight excluding hydrogens is 329 g/mol. The SMILES string of the molecule is Cc1cccc(N2CC[NH+]([C@@H](C)C(=O)Nc3cccc(F)c3)CC2)c1C. The lowest BCUT2D eigenvalue weighted by Crippen LogP contribution is -3.19. The number of piperazine rings is 1. The lowest BCUT2D eigenvalue weighted by Gasteiger charge is -2.36. The molecule has 26 heavy (non-hydrogen) atoms. The minimum atomic E-state index is -0.343. The van der Waals surface area contributed by atoms with Crippen LogP contribution in [0, 0.1) is 19.7 Å². The monoisotopic (exact) mass is 356 g/mol. The predicted molar refractivity (Wildman–Crippen MR) is 103 cm³/mol. The standard InChI is InChI=1S/C21H26FN3O/c1-15-6-4-9-20(16(15)2)25-12-10-24(11-13-25)17(3)21(26)23-19-8-5-7-18(22)14-19/h4-9,14,17H,10-13H2,1-3H3,(H,23,26)/p+1/t17-/m0/s1. The van der Waals surface area contributed by atoms with Crippen molar-refractivity contribution in [3.63, 3.8) is 0 Å². The molecule has 1 amide bonds. The van der Waals surface area contributed by atoms with Gasteiger partial charge in [0.2, 0.25) is 0 Å². The number of hydrogen-bond acceptors (Lipinski definition) is 2. The molecule has 1 aliphatic rings. The van der Waals surface area contributed by atoms with E-state index < -0.39 is 0 Å². The first-order valence-electron chi connectivity index (χ1n) is 9.18. The van der Waals surface area contributed by atoms with Gasteiger partial charge in [-0.05, 0) is 56.2 Å². The highest BCUT2D eigenvalue weighted by atomic mass is 19.1. The zero-order chi connectivity index (χ0) is 18.7. The van der Waals surface area contributed by atoms with Crippen LogP contribution >= 0.6 is 0 Å². The normalized spacial score (nSPS) is 16.4. The number of quaternary nitrogens is 1. The number of rotatable bonds is 4. The number of nitrogens with one attached hydrogen (secondary N) is 2. The molecule has 2 aromatic rings. The lowest BCUT2D eigenvalue weighted by atomic mass is 10.1. The van der Waals surface area contributed by atoms with Gasteiger partial charge < -0.3 is 15.1 Å². The zero-order valence-electron chi connectivity index (χ0n) is 15.7. The van der Waals surface area contributed by atoms with Crippen LogP contribution in [-0.4, -0.2) is 38.1 Å². The van der Waals surface area contributed by atoms with Crippen molar-refractivity contribution in [3.05, 3.63) is 59.4 Å².